The van der Waals surface area contributed by atoms with Gasteiger partial charge in [0.2, 0.25) is 0 Å². The van der Waals surface area contributed by atoms with Gasteiger partial charge in [-0.3, -0.25) is 37.3 Å². The number of hydrogen-bond acceptors (Lipinski definition) is 15. The quantitative estimate of drug-likeness (QED) is 0.0222. The largest absolute Gasteiger partial charge is 0.472 e. The van der Waals surface area contributed by atoms with Gasteiger partial charge in [0.25, 0.3) is 0 Å². The van der Waals surface area contributed by atoms with Crippen molar-refractivity contribution in [3.05, 3.63) is 0 Å². The molecule has 19 heteroatoms. The predicted octanol–water partition coefficient (Wildman–Crippen LogP) is 22.7. The molecule has 0 fully saturated rings. The van der Waals surface area contributed by atoms with Gasteiger partial charge >= 0.3 is 39.5 Å². The van der Waals surface area contributed by atoms with Gasteiger partial charge in [-0.25, -0.2) is 9.13 Å². The van der Waals surface area contributed by atoms with Gasteiger partial charge in [-0.1, -0.05) is 350 Å². The molecule has 0 spiro atoms. The maximum absolute atomic E-state index is 13.1. The van der Waals surface area contributed by atoms with Crippen LogP contribution in [-0.2, 0) is 65.4 Å². The number of ether oxygens (including phenoxy) is 4. The van der Waals surface area contributed by atoms with Crippen LogP contribution in [0.4, 0.5) is 0 Å². The number of rotatable bonds is 76. The molecular formula is C77H150O17P2. The summed E-state index contributed by atoms with van der Waals surface area (Å²) in [6, 6.07) is 0. The molecule has 0 heterocycles. The summed E-state index contributed by atoms with van der Waals surface area (Å²) < 4.78 is 68.4. The minimum absolute atomic E-state index is 0.105. The zero-order valence-corrected chi connectivity index (χ0v) is 64.5. The third kappa shape index (κ3) is 69.2. The van der Waals surface area contributed by atoms with Crippen LogP contribution >= 0.6 is 15.6 Å². The smallest absolute Gasteiger partial charge is 0.462 e. The van der Waals surface area contributed by atoms with Gasteiger partial charge in [-0.2, -0.15) is 0 Å². The zero-order valence-electron chi connectivity index (χ0n) is 62.7. The first-order valence-electron chi connectivity index (χ1n) is 40.0. The summed E-state index contributed by atoms with van der Waals surface area (Å²) in [4.78, 5) is 72.7. The number of carbonyl (C=O) groups excluding carboxylic acids is 4. The molecule has 96 heavy (non-hydrogen) atoms. The van der Waals surface area contributed by atoms with Crippen molar-refractivity contribution in [2.45, 2.75) is 419 Å². The standard InChI is InChI=1S/C77H150O17P2/c1-7-10-12-14-16-17-18-19-20-21-22-26-29-32-35-42-48-54-60-75(80)88-66-73(93-76(81)61-55-49-43-36-33-30-27-24-23-25-28-31-34-40-45-51-57-69(4)5)68-92-96(85,86)90-64-71(78)63-89-95(83,84)91-67-72(65-87-74(79)59-53-47-39-15-13-11-8-2)94-77(82)62-56-50-44-38-37-41-46-52-58-70(6)9-3/h69-73,78H,7-68H2,1-6H3,(H,83,84)(H,85,86)/t70?,71-,72+,73+/m0/s1. The van der Waals surface area contributed by atoms with Crippen molar-refractivity contribution in [2.75, 3.05) is 39.6 Å². The van der Waals surface area contributed by atoms with Gasteiger partial charge in [-0.05, 0) is 37.5 Å². The second kappa shape index (κ2) is 68.8. The molecule has 6 atom stereocenters. The van der Waals surface area contributed by atoms with E-state index >= 15 is 0 Å². The molecule has 0 amide bonds. The van der Waals surface area contributed by atoms with Crippen molar-refractivity contribution in [3.63, 3.8) is 0 Å². The van der Waals surface area contributed by atoms with Gasteiger partial charge in [0.15, 0.2) is 12.2 Å². The van der Waals surface area contributed by atoms with Crippen LogP contribution in [0.15, 0.2) is 0 Å². The van der Waals surface area contributed by atoms with Crippen LogP contribution in [0.2, 0.25) is 0 Å². The molecule has 0 aliphatic carbocycles. The summed E-state index contributed by atoms with van der Waals surface area (Å²) in [5, 5.41) is 10.6. The van der Waals surface area contributed by atoms with Crippen LogP contribution in [0.1, 0.15) is 401 Å². The summed E-state index contributed by atoms with van der Waals surface area (Å²) in [7, 11) is -9.91. The van der Waals surface area contributed by atoms with Crippen LogP contribution < -0.4 is 0 Å². The first-order valence-corrected chi connectivity index (χ1v) is 43.0. The molecule has 17 nitrogen and oxygen atoms in total. The molecule has 0 aromatic rings. The third-order valence-electron chi connectivity index (χ3n) is 18.3. The van der Waals surface area contributed by atoms with Gasteiger partial charge in [0.05, 0.1) is 26.4 Å². The van der Waals surface area contributed by atoms with Gasteiger partial charge < -0.3 is 33.8 Å². The first kappa shape index (κ1) is 94.1. The summed E-state index contributed by atoms with van der Waals surface area (Å²) >= 11 is 0. The Labute approximate surface area is 588 Å². The van der Waals surface area contributed by atoms with Crippen LogP contribution in [0.25, 0.3) is 0 Å². The molecule has 3 unspecified atom stereocenters. The maximum atomic E-state index is 13.1. The van der Waals surface area contributed by atoms with E-state index in [0.29, 0.717) is 25.7 Å². The summed E-state index contributed by atoms with van der Waals surface area (Å²) in [5.41, 5.74) is 0. The number of aliphatic hydroxyl groups excluding tert-OH is 1. The lowest BCUT2D eigenvalue weighted by atomic mass is 9.99. The molecule has 0 bridgehead atoms. The first-order chi connectivity index (χ1) is 46.4. The Hall–Kier alpha value is -1.94. The highest BCUT2D eigenvalue weighted by molar-refractivity contribution is 7.47. The Morgan fingerprint density at radius 1 is 0.302 bits per heavy atom. The average Bonchev–Trinajstić information content (AvgIpc) is 1.54. The minimum Gasteiger partial charge on any atom is -0.462 e. The van der Waals surface area contributed by atoms with Crippen LogP contribution in [0.5, 0.6) is 0 Å². The lowest BCUT2D eigenvalue weighted by Gasteiger charge is -2.21. The number of unbranched alkanes of at least 4 members (excludes halogenated alkanes) is 45. The Kier molecular flexibility index (Phi) is 67.4. The normalized spacial score (nSPS) is 14.3. The molecule has 3 N–H and O–H groups in total. The fourth-order valence-electron chi connectivity index (χ4n) is 11.8. The summed E-state index contributed by atoms with van der Waals surface area (Å²) in [6.07, 6.45) is 57.1. The van der Waals surface area contributed by atoms with Gasteiger partial charge in [0, 0.05) is 25.7 Å². The van der Waals surface area contributed by atoms with Crippen molar-refractivity contribution < 1.29 is 80.2 Å². The van der Waals surface area contributed by atoms with E-state index in [4.69, 9.17) is 37.0 Å². The Balaban J connectivity index is 5.18. The number of phosphoric ester groups is 2. The number of carbonyl (C=O) groups is 4. The maximum Gasteiger partial charge on any atom is 0.472 e. The van der Waals surface area contributed by atoms with Crippen LogP contribution in [-0.4, -0.2) is 96.7 Å². The molecule has 0 rings (SSSR count). The highest BCUT2D eigenvalue weighted by Crippen LogP contribution is 2.45. The van der Waals surface area contributed by atoms with E-state index in [1.54, 1.807) is 0 Å². The summed E-state index contributed by atoms with van der Waals surface area (Å²) in [5.74, 6) is -0.541. The minimum atomic E-state index is -4.96. The van der Waals surface area contributed by atoms with Crippen LogP contribution in [0, 0.1) is 11.8 Å². The monoisotopic (exact) mass is 1410 g/mol. The highest BCUT2D eigenvalue weighted by Gasteiger charge is 2.30. The topological polar surface area (TPSA) is 237 Å². The SMILES string of the molecule is CCCCCCCCCCCCCCCCCCCCC(=O)OC[C@H](COP(=O)(O)OC[C@@H](O)COP(=O)(O)OC[C@@H](COC(=O)CCCCCCCCC)OC(=O)CCCCCCCCCCC(C)CC)OC(=O)CCCCCCCCCCCCCCCCCCC(C)C. The van der Waals surface area contributed by atoms with Crippen molar-refractivity contribution in [1.82, 2.24) is 0 Å². The van der Waals surface area contributed by atoms with Gasteiger partial charge in [0.1, 0.15) is 19.3 Å². The van der Waals surface area contributed by atoms with Gasteiger partial charge in [-0.15, -0.1) is 0 Å². The lowest BCUT2D eigenvalue weighted by Crippen LogP contribution is -2.30. The lowest BCUT2D eigenvalue weighted by molar-refractivity contribution is -0.161. The molecule has 0 radical (unpaired) electrons. The molecule has 0 aromatic carbocycles. The molecule has 0 saturated carbocycles. The van der Waals surface area contributed by atoms with Crippen molar-refractivity contribution >= 4 is 39.5 Å². The van der Waals surface area contributed by atoms with Crippen molar-refractivity contribution in [3.8, 4) is 0 Å². The predicted molar refractivity (Wildman–Crippen MR) is 391 cm³/mol. The molecule has 0 aliphatic heterocycles. The number of esters is 4. The Morgan fingerprint density at radius 2 is 0.531 bits per heavy atom. The zero-order chi connectivity index (χ0) is 70.7. The van der Waals surface area contributed by atoms with E-state index in [0.717, 1.165) is 115 Å². The molecule has 0 aromatic heterocycles. The highest BCUT2D eigenvalue weighted by atomic mass is 31.2. The van der Waals surface area contributed by atoms with Crippen LogP contribution in [0.3, 0.4) is 0 Å². The van der Waals surface area contributed by atoms with Crippen molar-refractivity contribution in [1.29, 1.82) is 0 Å². The number of aliphatic hydroxyl groups is 1. The van der Waals surface area contributed by atoms with E-state index < -0.39 is 97.5 Å². The molecule has 0 saturated heterocycles. The second-order valence-electron chi connectivity index (χ2n) is 28.5. The number of phosphoric acid groups is 2. The third-order valence-corrected chi connectivity index (χ3v) is 20.2. The fourth-order valence-corrected chi connectivity index (χ4v) is 13.4. The molecular weight excluding hydrogens is 1260 g/mol. The van der Waals surface area contributed by atoms with E-state index in [1.807, 2.05) is 0 Å². The van der Waals surface area contributed by atoms with E-state index in [9.17, 15) is 43.2 Å². The average molecular weight is 1410 g/mol. The molecule has 0 aliphatic rings. The molecule has 570 valence electrons. The van der Waals surface area contributed by atoms with E-state index in [1.165, 1.54) is 205 Å². The number of hydrogen-bond donors (Lipinski definition) is 3. The van der Waals surface area contributed by atoms with Crippen molar-refractivity contribution in [2.24, 2.45) is 11.8 Å². The fraction of sp³-hybridized carbons (Fsp3) is 0.948. The van der Waals surface area contributed by atoms with E-state index in [-0.39, 0.29) is 25.7 Å². The summed E-state index contributed by atoms with van der Waals surface area (Å²) in [6.45, 7) is 9.59. The Morgan fingerprint density at radius 3 is 0.792 bits per heavy atom. The Bertz CT molecular complexity index is 1860. The second-order valence-corrected chi connectivity index (χ2v) is 31.4. The van der Waals surface area contributed by atoms with E-state index in [2.05, 4.69) is 41.5 Å².